The third-order valence-corrected chi connectivity index (χ3v) is 4.63. The Hall–Kier alpha value is -1.00. The fourth-order valence-corrected chi connectivity index (χ4v) is 2.80. The number of rotatable bonds is 9. The molecule has 0 atom stereocenters. The molecule has 4 heteroatoms. The van der Waals surface area contributed by atoms with Gasteiger partial charge in [-0.15, -0.1) is 0 Å². The molecule has 0 unspecified atom stereocenters. The monoisotopic (exact) mass is 295 g/mol. The number of carbonyl (C=O) groups excluding carboxylic acids is 1. The first kappa shape index (κ1) is 17.1. The smallest absolute Gasteiger partial charge is 0.230 e. The number of aliphatic hydroxyl groups excluding tert-OH is 1. The minimum Gasteiger partial charge on any atom is -0.394 e. The van der Waals surface area contributed by atoms with Gasteiger partial charge in [-0.3, -0.25) is 4.79 Å². The average Bonchev–Trinajstić information content (AvgIpc) is 2.50. The Morgan fingerprint density at radius 3 is 2.45 bits per heavy atom. The third-order valence-electron chi connectivity index (χ3n) is 3.67. The number of benzene rings is 1. The highest BCUT2D eigenvalue weighted by Crippen LogP contribution is 2.15. The molecule has 1 rings (SSSR count). The van der Waals surface area contributed by atoms with Crippen LogP contribution in [0.15, 0.2) is 30.3 Å². The Bertz CT molecular complexity index is 382. The maximum Gasteiger partial charge on any atom is 0.230 e. The molecule has 0 fully saturated rings. The van der Waals surface area contributed by atoms with Crippen molar-refractivity contribution in [2.75, 3.05) is 18.1 Å². The second-order valence-electron chi connectivity index (χ2n) is 4.98. The molecule has 20 heavy (non-hydrogen) atoms. The Morgan fingerprint density at radius 2 is 1.90 bits per heavy atom. The number of aliphatic hydroxyl groups is 1. The second kappa shape index (κ2) is 9.03. The minimum atomic E-state index is -0.447. The van der Waals surface area contributed by atoms with Crippen molar-refractivity contribution in [3.8, 4) is 0 Å². The highest BCUT2D eigenvalue weighted by Gasteiger charge is 2.26. The lowest BCUT2D eigenvalue weighted by molar-refractivity contribution is -0.121. The van der Waals surface area contributed by atoms with Gasteiger partial charge in [0.05, 0.1) is 17.9 Å². The summed E-state index contributed by atoms with van der Waals surface area (Å²) in [5.74, 6) is 1.40. The van der Waals surface area contributed by atoms with E-state index in [0.29, 0.717) is 5.75 Å². The fourth-order valence-electron chi connectivity index (χ4n) is 2.02. The van der Waals surface area contributed by atoms with Gasteiger partial charge in [0.25, 0.3) is 0 Å². The summed E-state index contributed by atoms with van der Waals surface area (Å²) in [4.78, 5) is 11.9. The van der Waals surface area contributed by atoms with Crippen LogP contribution in [-0.2, 0) is 11.2 Å². The maximum absolute atomic E-state index is 11.9. The molecular formula is C16H25NO2S. The highest BCUT2D eigenvalue weighted by molar-refractivity contribution is 7.99. The number of carbonyl (C=O) groups is 1. The zero-order valence-electron chi connectivity index (χ0n) is 12.4. The Balaban J connectivity index is 2.26. The van der Waals surface area contributed by atoms with E-state index in [-0.39, 0.29) is 12.5 Å². The van der Waals surface area contributed by atoms with E-state index >= 15 is 0 Å². The first-order valence-corrected chi connectivity index (χ1v) is 8.35. The van der Waals surface area contributed by atoms with Gasteiger partial charge in [-0.1, -0.05) is 44.2 Å². The molecule has 0 aromatic heterocycles. The molecule has 0 radical (unpaired) electrons. The summed E-state index contributed by atoms with van der Waals surface area (Å²) in [6, 6.07) is 10.3. The van der Waals surface area contributed by atoms with Crippen LogP contribution >= 0.6 is 11.8 Å². The number of aryl methyl sites for hydroxylation is 1. The maximum atomic E-state index is 11.9. The molecule has 0 spiro atoms. The topological polar surface area (TPSA) is 49.3 Å². The number of nitrogens with one attached hydrogen (secondary N) is 1. The average molecular weight is 295 g/mol. The van der Waals surface area contributed by atoms with Crippen LogP contribution in [0, 0.1) is 0 Å². The molecule has 0 aliphatic heterocycles. The zero-order valence-corrected chi connectivity index (χ0v) is 13.2. The van der Waals surface area contributed by atoms with E-state index in [9.17, 15) is 9.90 Å². The molecule has 1 aromatic rings. The Labute approximate surface area is 126 Å². The Morgan fingerprint density at radius 1 is 1.25 bits per heavy atom. The van der Waals surface area contributed by atoms with Crippen LogP contribution in [0.3, 0.4) is 0 Å². The second-order valence-corrected chi connectivity index (χ2v) is 6.09. The van der Waals surface area contributed by atoms with E-state index in [4.69, 9.17) is 0 Å². The van der Waals surface area contributed by atoms with Gasteiger partial charge in [0.2, 0.25) is 5.91 Å². The number of amides is 1. The fraction of sp³-hybridized carbons (Fsp3) is 0.562. The van der Waals surface area contributed by atoms with Gasteiger partial charge in [0, 0.05) is 0 Å². The van der Waals surface area contributed by atoms with E-state index < -0.39 is 5.54 Å². The van der Waals surface area contributed by atoms with Crippen LogP contribution in [-0.4, -0.2) is 34.7 Å². The van der Waals surface area contributed by atoms with Gasteiger partial charge >= 0.3 is 0 Å². The summed E-state index contributed by atoms with van der Waals surface area (Å²) in [6.45, 7) is 3.98. The quantitative estimate of drug-likeness (QED) is 0.689. The lowest BCUT2D eigenvalue weighted by Gasteiger charge is -2.30. The van der Waals surface area contributed by atoms with E-state index in [1.807, 2.05) is 32.0 Å². The molecule has 2 N–H and O–H groups in total. The van der Waals surface area contributed by atoms with Crippen LogP contribution in [0.2, 0.25) is 0 Å². The van der Waals surface area contributed by atoms with E-state index in [1.165, 1.54) is 5.56 Å². The van der Waals surface area contributed by atoms with Crippen LogP contribution in [0.1, 0.15) is 32.3 Å². The summed E-state index contributed by atoms with van der Waals surface area (Å²) in [7, 11) is 0. The lowest BCUT2D eigenvalue weighted by atomic mass is 9.94. The van der Waals surface area contributed by atoms with Crippen molar-refractivity contribution in [1.82, 2.24) is 5.32 Å². The number of hydrogen-bond donors (Lipinski definition) is 2. The molecule has 112 valence electrons. The van der Waals surface area contributed by atoms with Gasteiger partial charge in [-0.2, -0.15) is 11.8 Å². The van der Waals surface area contributed by atoms with Crippen molar-refractivity contribution in [3.63, 3.8) is 0 Å². The van der Waals surface area contributed by atoms with E-state index in [1.54, 1.807) is 11.8 Å². The van der Waals surface area contributed by atoms with Crippen LogP contribution in [0.25, 0.3) is 0 Å². The molecule has 3 nitrogen and oxygen atoms in total. The van der Waals surface area contributed by atoms with E-state index in [2.05, 4.69) is 17.4 Å². The molecule has 0 aliphatic rings. The number of thioether (sulfide) groups is 1. The molecule has 0 bridgehead atoms. The first-order valence-electron chi connectivity index (χ1n) is 7.19. The predicted octanol–water partition coefficient (Wildman–Crippen LogP) is 2.63. The van der Waals surface area contributed by atoms with Crippen molar-refractivity contribution in [1.29, 1.82) is 0 Å². The minimum absolute atomic E-state index is 0.000419. The molecule has 0 saturated heterocycles. The summed E-state index contributed by atoms with van der Waals surface area (Å²) in [6.07, 6.45) is 2.48. The normalized spacial score (nSPS) is 11.3. The molecule has 0 saturated carbocycles. The molecule has 1 amide bonds. The SMILES string of the molecule is CCC(CC)(CO)NC(=O)CSCCc1ccccc1. The van der Waals surface area contributed by atoms with Crippen LogP contribution in [0.4, 0.5) is 0 Å². The first-order chi connectivity index (χ1) is 9.65. The largest absolute Gasteiger partial charge is 0.394 e. The van der Waals surface area contributed by atoms with E-state index in [0.717, 1.165) is 25.0 Å². The molecule has 0 aliphatic carbocycles. The van der Waals surface area contributed by atoms with Gasteiger partial charge in [-0.25, -0.2) is 0 Å². The third kappa shape index (κ3) is 5.55. The predicted molar refractivity (Wildman–Crippen MR) is 86.0 cm³/mol. The van der Waals surface area contributed by atoms with Crippen LogP contribution < -0.4 is 5.32 Å². The molecular weight excluding hydrogens is 270 g/mol. The standard InChI is InChI=1S/C16H25NO2S/c1-3-16(4-2,13-18)17-15(19)12-20-11-10-14-8-6-5-7-9-14/h5-9,18H,3-4,10-13H2,1-2H3,(H,17,19). The Kier molecular flexibility index (Phi) is 7.70. The van der Waals surface area contributed by atoms with Gasteiger partial charge in [0.15, 0.2) is 0 Å². The summed E-state index contributed by atoms with van der Waals surface area (Å²) in [5.41, 5.74) is 0.851. The van der Waals surface area contributed by atoms with Crippen LogP contribution in [0.5, 0.6) is 0 Å². The summed E-state index contributed by atoms with van der Waals surface area (Å²) < 4.78 is 0. The molecule has 1 aromatic carbocycles. The number of hydrogen-bond acceptors (Lipinski definition) is 3. The highest BCUT2D eigenvalue weighted by atomic mass is 32.2. The van der Waals surface area contributed by atoms with Gasteiger partial charge in [-0.05, 0) is 30.6 Å². The zero-order chi connectivity index (χ0) is 14.8. The summed E-state index contributed by atoms with van der Waals surface area (Å²) >= 11 is 1.63. The van der Waals surface area contributed by atoms with Crippen molar-refractivity contribution >= 4 is 17.7 Å². The molecule has 0 heterocycles. The lowest BCUT2D eigenvalue weighted by Crippen LogP contribution is -2.51. The van der Waals surface area contributed by atoms with Crippen molar-refractivity contribution in [2.45, 2.75) is 38.6 Å². The van der Waals surface area contributed by atoms with Crippen molar-refractivity contribution in [3.05, 3.63) is 35.9 Å². The van der Waals surface area contributed by atoms with Gasteiger partial charge < -0.3 is 10.4 Å². The van der Waals surface area contributed by atoms with Crippen molar-refractivity contribution in [2.24, 2.45) is 0 Å². The van der Waals surface area contributed by atoms with Gasteiger partial charge in [0.1, 0.15) is 0 Å². The summed E-state index contributed by atoms with van der Waals surface area (Å²) in [5, 5.41) is 12.4. The van der Waals surface area contributed by atoms with Crippen molar-refractivity contribution < 1.29 is 9.90 Å².